The summed E-state index contributed by atoms with van der Waals surface area (Å²) >= 11 is 0. The number of aromatic nitrogens is 4. The van der Waals surface area contributed by atoms with Crippen molar-refractivity contribution in [2.45, 2.75) is 77.0 Å². The highest BCUT2D eigenvalue weighted by Crippen LogP contribution is 2.31. The van der Waals surface area contributed by atoms with Crippen LogP contribution < -0.4 is 4.74 Å². The highest BCUT2D eigenvalue weighted by molar-refractivity contribution is 5.70. The SMILES string of the molecule is CCc1nc(-c2nnn(C)c2COC(=O)N(C)C2CCC2)ccc1O[C@H]1CCC[C@H](C(=O)O)C1. The Morgan fingerprint density at radius 1 is 1.21 bits per heavy atom. The zero-order chi connectivity index (χ0) is 24.2. The number of aliphatic carboxylic acids is 1. The lowest BCUT2D eigenvalue weighted by Crippen LogP contribution is -2.41. The van der Waals surface area contributed by atoms with Crippen molar-refractivity contribution in [3.63, 3.8) is 0 Å². The molecule has 0 bridgehead atoms. The number of amides is 1. The molecule has 2 aliphatic carbocycles. The smallest absolute Gasteiger partial charge is 0.410 e. The van der Waals surface area contributed by atoms with Crippen LogP contribution >= 0.6 is 0 Å². The van der Waals surface area contributed by atoms with E-state index in [9.17, 15) is 14.7 Å². The van der Waals surface area contributed by atoms with Crippen LogP contribution in [0.2, 0.25) is 0 Å². The highest BCUT2D eigenvalue weighted by atomic mass is 16.6. The Bertz CT molecular complexity index is 1030. The average molecular weight is 472 g/mol. The molecule has 4 rings (SSSR count). The van der Waals surface area contributed by atoms with Gasteiger partial charge in [0.15, 0.2) is 0 Å². The van der Waals surface area contributed by atoms with Gasteiger partial charge in [0, 0.05) is 20.1 Å². The Kier molecular flexibility index (Phi) is 7.33. The number of carboxylic acid groups (broad SMARTS) is 1. The molecule has 2 aromatic heterocycles. The first-order chi connectivity index (χ1) is 16.4. The maximum atomic E-state index is 12.4. The van der Waals surface area contributed by atoms with Crippen molar-refractivity contribution in [2.75, 3.05) is 7.05 Å². The van der Waals surface area contributed by atoms with Crippen molar-refractivity contribution < 1.29 is 24.2 Å². The fourth-order valence-corrected chi connectivity index (χ4v) is 4.53. The summed E-state index contributed by atoms with van der Waals surface area (Å²) in [4.78, 5) is 30.2. The van der Waals surface area contributed by atoms with E-state index in [1.54, 1.807) is 23.7 Å². The van der Waals surface area contributed by atoms with Gasteiger partial charge in [0.05, 0.1) is 23.4 Å². The number of pyridine rings is 1. The first kappa shape index (κ1) is 24.0. The largest absolute Gasteiger partial charge is 0.488 e. The summed E-state index contributed by atoms with van der Waals surface area (Å²) in [7, 11) is 3.53. The zero-order valence-electron chi connectivity index (χ0n) is 20.1. The van der Waals surface area contributed by atoms with Crippen LogP contribution in [-0.2, 0) is 29.6 Å². The molecular formula is C24H33N5O5. The fourth-order valence-electron chi connectivity index (χ4n) is 4.53. The van der Waals surface area contributed by atoms with Crippen LogP contribution in [-0.4, -0.2) is 61.2 Å². The summed E-state index contributed by atoms with van der Waals surface area (Å²) in [5.74, 6) is -0.446. The van der Waals surface area contributed by atoms with Gasteiger partial charge in [-0.25, -0.2) is 14.5 Å². The molecule has 10 heteroatoms. The second-order valence-electron chi connectivity index (χ2n) is 9.20. The Hall–Kier alpha value is -3.17. The van der Waals surface area contributed by atoms with E-state index in [4.69, 9.17) is 14.5 Å². The minimum absolute atomic E-state index is 0.0504. The van der Waals surface area contributed by atoms with Crippen LogP contribution in [0.15, 0.2) is 12.1 Å². The van der Waals surface area contributed by atoms with Crippen molar-refractivity contribution in [2.24, 2.45) is 13.0 Å². The summed E-state index contributed by atoms with van der Waals surface area (Å²) < 4.78 is 13.3. The third-order valence-corrected chi connectivity index (χ3v) is 6.96. The number of carbonyl (C=O) groups is 2. The molecule has 10 nitrogen and oxygen atoms in total. The van der Waals surface area contributed by atoms with E-state index < -0.39 is 5.97 Å². The van der Waals surface area contributed by atoms with Crippen LogP contribution in [0.4, 0.5) is 4.79 Å². The number of hydrogen-bond donors (Lipinski definition) is 1. The zero-order valence-corrected chi connectivity index (χ0v) is 20.1. The van der Waals surface area contributed by atoms with E-state index in [2.05, 4.69) is 10.3 Å². The van der Waals surface area contributed by atoms with Crippen LogP contribution in [0.3, 0.4) is 0 Å². The lowest BCUT2D eigenvalue weighted by Gasteiger charge is -2.33. The quantitative estimate of drug-likeness (QED) is 0.620. The molecule has 1 amide bonds. The molecule has 0 spiro atoms. The lowest BCUT2D eigenvalue weighted by atomic mass is 9.87. The average Bonchev–Trinajstić information content (AvgIpc) is 3.16. The monoisotopic (exact) mass is 471 g/mol. The van der Waals surface area contributed by atoms with Crippen LogP contribution in [0, 0.1) is 5.92 Å². The number of aryl methyl sites for hydroxylation is 2. The van der Waals surface area contributed by atoms with E-state index in [1.807, 2.05) is 19.1 Å². The third-order valence-electron chi connectivity index (χ3n) is 6.96. The summed E-state index contributed by atoms with van der Waals surface area (Å²) in [6.45, 7) is 2.05. The van der Waals surface area contributed by atoms with Gasteiger partial charge >= 0.3 is 12.1 Å². The molecular weight excluding hydrogens is 438 g/mol. The van der Waals surface area contributed by atoms with Crippen molar-refractivity contribution in [1.29, 1.82) is 0 Å². The van der Waals surface area contributed by atoms with Gasteiger partial charge in [-0.1, -0.05) is 12.1 Å². The minimum Gasteiger partial charge on any atom is -0.488 e. The Morgan fingerprint density at radius 3 is 2.65 bits per heavy atom. The van der Waals surface area contributed by atoms with Gasteiger partial charge in [-0.3, -0.25) is 4.79 Å². The summed E-state index contributed by atoms with van der Waals surface area (Å²) in [6.07, 6.45) is 6.22. The Balaban J connectivity index is 1.47. The predicted molar refractivity (Wildman–Crippen MR) is 123 cm³/mol. The van der Waals surface area contributed by atoms with Gasteiger partial charge in [0.2, 0.25) is 0 Å². The number of nitrogens with zero attached hydrogens (tertiary/aromatic N) is 5. The molecule has 2 atom stereocenters. The van der Waals surface area contributed by atoms with Gasteiger partial charge < -0.3 is 19.5 Å². The van der Waals surface area contributed by atoms with Crippen molar-refractivity contribution in [1.82, 2.24) is 24.9 Å². The molecule has 0 unspecified atom stereocenters. The normalized spacial score (nSPS) is 20.4. The van der Waals surface area contributed by atoms with Crippen LogP contribution in [0.1, 0.15) is 63.3 Å². The molecule has 184 valence electrons. The van der Waals surface area contributed by atoms with Crippen molar-refractivity contribution in [3.05, 3.63) is 23.5 Å². The molecule has 0 radical (unpaired) electrons. The van der Waals surface area contributed by atoms with E-state index in [1.165, 1.54) is 0 Å². The number of carboxylic acids is 1. The first-order valence-electron chi connectivity index (χ1n) is 12.0. The van der Waals surface area contributed by atoms with Gasteiger partial charge in [-0.05, 0) is 63.5 Å². The number of rotatable bonds is 8. The first-order valence-corrected chi connectivity index (χ1v) is 12.0. The fraction of sp³-hybridized carbons (Fsp3) is 0.625. The van der Waals surface area contributed by atoms with E-state index in [0.29, 0.717) is 42.1 Å². The van der Waals surface area contributed by atoms with Crippen molar-refractivity contribution in [3.8, 4) is 17.1 Å². The summed E-state index contributed by atoms with van der Waals surface area (Å²) in [5, 5.41) is 17.7. The number of hydrogen-bond acceptors (Lipinski definition) is 7. The lowest BCUT2D eigenvalue weighted by molar-refractivity contribution is -0.143. The topological polar surface area (TPSA) is 120 Å². The van der Waals surface area contributed by atoms with E-state index >= 15 is 0 Å². The van der Waals surface area contributed by atoms with Crippen LogP contribution in [0.5, 0.6) is 5.75 Å². The number of ether oxygens (including phenoxy) is 2. The van der Waals surface area contributed by atoms with Gasteiger partial charge in [-0.2, -0.15) is 0 Å². The van der Waals surface area contributed by atoms with Gasteiger partial charge in [0.25, 0.3) is 0 Å². The summed E-state index contributed by atoms with van der Waals surface area (Å²) in [5.41, 5.74) is 2.62. The molecule has 2 fully saturated rings. The third kappa shape index (κ3) is 5.15. The molecule has 0 aromatic carbocycles. The second kappa shape index (κ2) is 10.4. The second-order valence-corrected chi connectivity index (χ2v) is 9.20. The van der Waals surface area contributed by atoms with Gasteiger partial charge in [0.1, 0.15) is 23.7 Å². The minimum atomic E-state index is -0.757. The molecule has 0 aliphatic heterocycles. The maximum Gasteiger partial charge on any atom is 0.410 e. The molecule has 2 aliphatic rings. The molecule has 2 saturated carbocycles. The standard InChI is InChI=1S/C24H33N5O5/c1-4-18-21(34-17-10-5-7-15(13-17)23(30)31)12-11-19(25-18)22-20(29(3)27-26-22)14-33-24(32)28(2)16-8-6-9-16/h11-12,15-17H,4-10,13-14H2,1-3H3,(H,30,31)/t15-,17-/m0/s1. The summed E-state index contributed by atoms with van der Waals surface area (Å²) in [6, 6.07) is 3.94. The van der Waals surface area contributed by atoms with E-state index in [-0.39, 0.29) is 30.8 Å². The molecule has 2 heterocycles. The number of carbonyl (C=O) groups excluding carboxylic acids is 1. The Morgan fingerprint density at radius 2 is 1.97 bits per heavy atom. The molecule has 34 heavy (non-hydrogen) atoms. The Labute approximate surface area is 199 Å². The maximum absolute atomic E-state index is 12.4. The molecule has 2 aromatic rings. The molecule has 1 N–H and O–H groups in total. The van der Waals surface area contributed by atoms with Crippen LogP contribution in [0.25, 0.3) is 11.4 Å². The highest BCUT2D eigenvalue weighted by Gasteiger charge is 2.29. The van der Waals surface area contributed by atoms with Gasteiger partial charge in [-0.15, -0.1) is 5.10 Å². The predicted octanol–water partition coefficient (Wildman–Crippen LogP) is 3.58. The van der Waals surface area contributed by atoms with Crippen molar-refractivity contribution >= 4 is 12.1 Å². The molecule has 0 saturated heterocycles. The van der Waals surface area contributed by atoms with E-state index in [0.717, 1.165) is 37.8 Å².